The Morgan fingerprint density at radius 1 is 0.935 bits per heavy atom. The second-order valence-corrected chi connectivity index (χ2v) is 10.00. The van der Waals surface area contributed by atoms with Gasteiger partial charge in [-0.3, -0.25) is 9.10 Å². The van der Waals surface area contributed by atoms with Crippen molar-refractivity contribution in [1.29, 1.82) is 0 Å². The fourth-order valence-corrected chi connectivity index (χ4v) is 4.79. The first-order valence-electron chi connectivity index (χ1n) is 9.79. The van der Waals surface area contributed by atoms with Gasteiger partial charge >= 0.3 is 0 Å². The number of aryl methyl sites for hydroxylation is 3. The van der Waals surface area contributed by atoms with E-state index in [0.717, 1.165) is 27.9 Å². The van der Waals surface area contributed by atoms with E-state index in [9.17, 15) is 13.2 Å². The zero-order valence-electron chi connectivity index (χ0n) is 17.9. The molecule has 0 spiro atoms. The van der Waals surface area contributed by atoms with Crippen LogP contribution in [0.4, 0.5) is 11.4 Å². The van der Waals surface area contributed by atoms with Crippen LogP contribution in [-0.2, 0) is 21.2 Å². The topological polar surface area (TPSA) is 66.5 Å². The van der Waals surface area contributed by atoms with E-state index >= 15 is 0 Å². The largest absolute Gasteiger partial charge is 0.325 e. The molecule has 3 aromatic rings. The Hall–Kier alpha value is -2.83. The predicted octanol–water partition coefficient (Wildman–Crippen LogP) is 5.27. The van der Waals surface area contributed by atoms with Crippen LogP contribution < -0.4 is 9.62 Å². The molecule has 0 aliphatic heterocycles. The van der Waals surface area contributed by atoms with Gasteiger partial charge in [0.1, 0.15) is 0 Å². The summed E-state index contributed by atoms with van der Waals surface area (Å²) < 4.78 is 26.8. The number of rotatable bonds is 6. The molecule has 1 N–H and O–H groups in total. The van der Waals surface area contributed by atoms with Crippen LogP contribution in [0, 0.1) is 20.8 Å². The van der Waals surface area contributed by atoms with Crippen molar-refractivity contribution < 1.29 is 13.2 Å². The van der Waals surface area contributed by atoms with Gasteiger partial charge in [0.2, 0.25) is 5.91 Å². The Bertz CT molecular complexity index is 1180. The summed E-state index contributed by atoms with van der Waals surface area (Å²) in [5, 5.41) is 3.46. The Morgan fingerprint density at radius 3 is 2.03 bits per heavy atom. The maximum absolute atomic E-state index is 12.8. The van der Waals surface area contributed by atoms with Crippen molar-refractivity contribution in [3.63, 3.8) is 0 Å². The van der Waals surface area contributed by atoms with E-state index in [0.29, 0.717) is 10.7 Å². The number of carbonyl (C=O) groups excluding carboxylic acids is 1. The van der Waals surface area contributed by atoms with E-state index in [-0.39, 0.29) is 17.2 Å². The minimum absolute atomic E-state index is 0.120. The average molecular weight is 457 g/mol. The standard InChI is InChI=1S/C24H25ClN2O3S/c1-16-13-17(2)24(18(3)14-16)26-23(28)15-19-5-9-21(10-6-19)27(4)31(29,30)22-11-7-20(25)8-12-22/h5-14H,15H2,1-4H3,(H,26,28). The van der Waals surface area contributed by atoms with Crippen molar-refractivity contribution in [2.75, 3.05) is 16.7 Å². The van der Waals surface area contributed by atoms with E-state index in [1.54, 1.807) is 36.4 Å². The van der Waals surface area contributed by atoms with Crippen molar-refractivity contribution in [3.05, 3.63) is 87.9 Å². The van der Waals surface area contributed by atoms with Crippen LogP contribution in [0.3, 0.4) is 0 Å². The third kappa shape index (κ3) is 5.27. The van der Waals surface area contributed by atoms with Gasteiger partial charge in [-0.25, -0.2) is 8.42 Å². The summed E-state index contributed by atoms with van der Waals surface area (Å²) in [7, 11) is -2.21. The number of sulfonamides is 1. The van der Waals surface area contributed by atoms with Crippen LogP contribution in [-0.4, -0.2) is 21.4 Å². The monoisotopic (exact) mass is 456 g/mol. The second kappa shape index (κ2) is 9.12. The minimum Gasteiger partial charge on any atom is -0.325 e. The van der Waals surface area contributed by atoms with Crippen molar-refractivity contribution in [1.82, 2.24) is 0 Å². The zero-order valence-corrected chi connectivity index (χ0v) is 19.5. The summed E-state index contributed by atoms with van der Waals surface area (Å²) in [6.45, 7) is 5.97. The van der Waals surface area contributed by atoms with Gasteiger partial charge < -0.3 is 5.32 Å². The number of nitrogens with one attached hydrogen (secondary N) is 1. The molecule has 7 heteroatoms. The SMILES string of the molecule is Cc1cc(C)c(NC(=O)Cc2ccc(N(C)S(=O)(=O)c3ccc(Cl)cc3)cc2)c(C)c1. The summed E-state index contributed by atoms with van der Waals surface area (Å²) in [6, 6.07) is 17.0. The average Bonchev–Trinajstić information content (AvgIpc) is 2.71. The molecule has 0 bridgehead atoms. The summed E-state index contributed by atoms with van der Waals surface area (Å²) in [4.78, 5) is 12.7. The van der Waals surface area contributed by atoms with E-state index in [2.05, 4.69) is 5.32 Å². The number of anilines is 2. The quantitative estimate of drug-likeness (QED) is 0.549. The maximum Gasteiger partial charge on any atom is 0.264 e. The number of hydrogen-bond donors (Lipinski definition) is 1. The van der Waals surface area contributed by atoms with Crippen molar-refractivity contribution in [3.8, 4) is 0 Å². The lowest BCUT2D eigenvalue weighted by atomic mass is 10.0. The molecule has 0 heterocycles. The number of benzene rings is 3. The highest BCUT2D eigenvalue weighted by atomic mass is 35.5. The number of carbonyl (C=O) groups is 1. The lowest BCUT2D eigenvalue weighted by Gasteiger charge is -2.20. The van der Waals surface area contributed by atoms with Crippen LogP contribution in [0.25, 0.3) is 0 Å². The summed E-state index contributed by atoms with van der Waals surface area (Å²) >= 11 is 5.85. The predicted molar refractivity (Wildman–Crippen MR) is 126 cm³/mol. The Morgan fingerprint density at radius 2 is 1.48 bits per heavy atom. The second-order valence-electron chi connectivity index (χ2n) is 7.59. The molecule has 5 nitrogen and oxygen atoms in total. The number of halogens is 1. The first-order chi connectivity index (χ1) is 14.6. The normalized spacial score (nSPS) is 11.3. The van der Waals surface area contributed by atoms with Crippen molar-refractivity contribution in [2.24, 2.45) is 0 Å². The van der Waals surface area contributed by atoms with Gasteiger partial charge in [-0.05, 0) is 73.9 Å². The molecule has 0 fully saturated rings. The summed E-state index contributed by atoms with van der Waals surface area (Å²) in [5.41, 5.74) is 5.33. The van der Waals surface area contributed by atoms with Crippen LogP contribution in [0.15, 0.2) is 65.6 Å². The molecule has 0 aliphatic carbocycles. The molecule has 162 valence electrons. The molecule has 1 amide bonds. The summed E-state index contributed by atoms with van der Waals surface area (Å²) in [5.74, 6) is -0.120. The van der Waals surface area contributed by atoms with Crippen molar-refractivity contribution in [2.45, 2.75) is 32.1 Å². The van der Waals surface area contributed by atoms with E-state index in [4.69, 9.17) is 11.6 Å². The fourth-order valence-electron chi connectivity index (χ4n) is 3.47. The molecule has 0 unspecified atom stereocenters. The molecular formula is C24H25ClN2O3S. The molecule has 3 rings (SSSR count). The minimum atomic E-state index is -3.70. The number of nitrogens with zero attached hydrogens (tertiary/aromatic N) is 1. The van der Waals surface area contributed by atoms with Crippen LogP contribution in [0.1, 0.15) is 22.3 Å². The van der Waals surface area contributed by atoms with E-state index in [1.165, 1.54) is 23.5 Å². The molecule has 0 aliphatic rings. The number of amides is 1. The van der Waals surface area contributed by atoms with Crippen molar-refractivity contribution >= 4 is 38.9 Å². The molecule has 0 radical (unpaired) electrons. The fraction of sp³-hybridized carbons (Fsp3) is 0.208. The van der Waals surface area contributed by atoms with Gasteiger partial charge in [0.05, 0.1) is 17.0 Å². The van der Waals surface area contributed by atoms with Gasteiger partial charge in [-0.2, -0.15) is 0 Å². The van der Waals surface area contributed by atoms with Gasteiger partial charge in [0.25, 0.3) is 10.0 Å². The molecule has 3 aromatic carbocycles. The number of hydrogen-bond acceptors (Lipinski definition) is 3. The Balaban J connectivity index is 1.71. The van der Waals surface area contributed by atoms with Crippen LogP contribution >= 0.6 is 11.6 Å². The smallest absolute Gasteiger partial charge is 0.264 e. The molecule has 0 aromatic heterocycles. The first kappa shape index (κ1) is 22.8. The zero-order chi connectivity index (χ0) is 22.8. The molecule has 0 saturated heterocycles. The lowest BCUT2D eigenvalue weighted by Crippen LogP contribution is -2.26. The van der Waals surface area contributed by atoms with E-state index in [1.807, 2.05) is 32.9 Å². The van der Waals surface area contributed by atoms with Crippen LogP contribution in [0.2, 0.25) is 5.02 Å². The summed E-state index contributed by atoms with van der Waals surface area (Å²) in [6.07, 6.45) is 0.195. The van der Waals surface area contributed by atoms with E-state index < -0.39 is 10.0 Å². The molecule has 0 saturated carbocycles. The first-order valence-corrected chi connectivity index (χ1v) is 11.6. The Kier molecular flexibility index (Phi) is 6.72. The van der Waals surface area contributed by atoms with Gasteiger partial charge in [0.15, 0.2) is 0 Å². The third-order valence-corrected chi connectivity index (χ3v) is 7.13. The lowest BCUT2D eigenvalue weighted by molar-refractivity contribution is -0.115. The highest BCUT2D eigenvalue weighted by Gasteiger charge is 2.21. The van der Waals surface area contributed by atoms with Gasteiger partial charge in [0, 0.05) is 17.8 Å². The third-order valence-electron chi connectivity index (χ3n) is 5.08. The molecule has 0 atom stereocenters. The van der Waals surface area contributed by atoms with Gasteiger partial charge in [-0.1, -0.05) is 41.4 Å². The Labute approximate surface area is 188 Å². The molecular weight excluding hydrogens is 432 g/mol. The molecule has 31 heavy (non-hydrogen) atoms. The van der Waals surface area contributed by atoms with Gasteiger partial charge in [-0.15, -0.1) is 0 Å². The van der Waals surface area contributed by atoms with Crippen LogP contribution in [0.5, 0.6) is 0 Å². The maximum atomic E-state index is 12.8. The highest BCUT2D eigenvalue weighted by molar-refractivity contribution is 7.92. The highest BCUT2D eigenvalue weighted by Crippen LogP contribution is 2.25.